The van der Waals surface area contributed by atoms with E-state index >= 15 is 0 Å². The minimum atomic E-state index is 0.389. The highest BCUT2D eigenvalue weighted by atomic mass is 14.2. The minimum Gasteiger partial charge on any atom is -0.103 e. The third kappa shape index (κ3) is 25.2. The van der Waals surface area contributed by atoms with Gasteiger partial charge in [-0.2, -0.15) is 0 Å². The summed E-state index contributed by atoms with van der Waals surface area (Å²) in [5, 5.41) is 0. The summed E-state index contributed by atoms with van der Waals surface area (Å²) in [6.45, 7) is 28.4. The molecular formula is C28H56. The molecule has 2 atom stereocenters. The first-order valence-corrected chi connectivity index (χ1v) is 12.0. The van der Waals surface area contributed by atoms with Crippen molar-refractivity contribution in [2.75, 3.05) is 0 Å². The molecule has 0 aliphatic carbocycles. The molecule has 0 nitrogen and oxygen atoms in total. The van der Waals surface area contributed by atoms with E-state index in [-0.39, 0.29) is 0 Å². The first-order valence-electron chi connectivity index (χ1n) is 12.0. The molecule has 0 bridgehead atoms. The van der Waals surface area contributed by atoms with E-state index in [1.54, 1.807) is 0 Å². The Morgan fingerprint density at radius 3 is 1.14 bits per heavy atom. The third-order valence-electron chi connectivity index (χ3n) is 5.20. The molecule has 2 unspecified atom stereocenters. The highest BCUT2D eigenvalue weighted by Crippen LogP contribution is 2.25. The number of allylic oxidation sites excluding steroid dienone is 5. The maximum Gasteiger partial charge on any atom is -0.0154 e. The Morgan fingerprint density at radius 1 is 0.679 bits per heavy atom. The zero-order valence-corrected chi connectivity index (χ0v) is 21.6. The van der Waals surface area contributed by atoms with Crippen molar-refractivity contribution in [1.29, 1.82) is 0 Å². The molecule has 0 N–H and O–H groups in total. The van der Waals surface area contributed by atoms with Crippen LogP contribution in [0.4, 0.5) is 0 Å². The van der Waals surface area contributed by atoms with Crippen LogP contribution in [0.2, 0.25) is 0 Å². The lowest BCUT2D eigenvalue weighted by molar-refractivity contribution is 0.397. The van der Waals surface area contributed by atoms with Crippen LogP contribution in [0.15, 0.2) is 37.0 Å². The van der Waals surface area contributed by atoms with E-state index in [1.807, 2.05) is 6.08 Å². The predicted octanol–water partition coefficient (Wildman–Crippen LogP) is 10.3. The molecule has 0 saturated carbocycles. The van der Waals surface area contributed by atoms with Gasteiger partial charge in [-0.3, -0.25) is 0 Å². The van der Waals surface area contributed by atoms with Crippen molar-refractivity contribution in [2.45, 2.75) is 115 Å². The van der Waals surface area contributed by atoms with Crippen molar-refractivity contribution in [3.8, 4) is 0 Å². The van der Waals surface area contributed by atoms with Crippen LogP contribution in [0.25, 0.3) is 0 Å². The monoisotopic (exact) mass is 392 g/mol. The average Bonchev–Trinajstić information content (AvgIpc) is 2.64. The van der Waals surface area contributed by atoms with Gasteiger partial charge in [0.25, 0.3) is 0 Å². The fraction of sp³-hybridized carbons (Fsp3) is 0.786. The summed E-state index contributed by atoms with van der Waals surface area (Å²) in [5.74, 6) is 3.19. The Morgan fingerprint density at radius 2 is 1.00 bits per heavy atom. The Bertz CT molecular complexity index is 339. The van der Waals surface area contributed by atoms with Crippen molar-refractivity contribution in [3.05, 3.63) is 37.0 Å². The van der Waals surface area contributed by atoms with Gasteiger partial charge in [-0.05, 0) is 67.6 Å². The summed E-state index contributed by atoms with van der Waals surface area (Å²) in [4.78, 5) is 0. The van der Waals surface area contributed by atoms with E-state index < -0.39 is 0 Å². The molecule has 0 spiro atoms. The Kier molecular flexibility index (Phi) is 23.9. The van der Waals surface area contributed by atoms with Gasteiger partial charge < -0.3 is 0 Å². The largest absolute Gasteiger partial charge is 0.103 e. The van der Waals surface area contributed by atoms with Gasteiger partial charge in [0.15, 0.2) is 0 Å². The molecule has 0 fully saturated rings. The molecule has 0 radical (unpaired) electrons. The zero-order chi connectivity index (χ0) is 22.6. The van der Waals surface area contributed by atoms with Gasteiger partial charge in [-0.1, -0.05) is 107 Å². The Balaban J connectivity index is -0.000000337. The van der Waals surface area contributed by atoms with Crippen LogP contribution < -0.4 is 0 Å². The molecule has 28 heavy (non-hydrogen) atoms. The molecule has 0 amide bonds. The van der Waals surface area contributed by atoms with E-state index in [1.165, 1.54) is 38.5 Å². The van der Waals surface area contributed by atoms with Gasteiger partial charge in [0, 0.05) is 0 Å². The second-order valence-corrected chi connectivity index (χ2v) is 9.45. The van der Waals surface area contributed by atoms with Gasteiger partial charge in [0.1, 0.15) is 0 Å². The molecule has 0 aromatic heterocycles. The number of rotatable bonds is 11. The molecule has 0 rings (SSSR count). The van der Waals surface area contributed by atoms with Crippen LogP contribution in [-0.2, 0) is 0 Å². The van der Waals surface area contributed by atoms with Crippen LogP contribution in [0.5, 0.6) is 0 Å². The van der Waals surface area contributed by atoms with Crippen LogP contribution >= 0.6 is 0 Å². The molecule has 0 aliphatic rings. The van der Waals surface area contributed by atoms with E-state index in [2.05, 4.69) is 107 Å². The lowest BCUT2D eigenvalue weighted by atomic mass is 9.85. The standard InChI is InChI=1S/2C10H20.C8H16/c2*1-5-6-7-10(4)8-9(2)3;1-5-8(4,6-2)7-3/h2*6-7,9-10H,5,8H2,1-4H3;5H,1,6-7H2,2-4H3/b7-6+;7-6-;. The molecular weight excluding hydrogens is 336 g/mol. The van der Waals surface area contributed by atoms with E-state index in [0.29, 0.717) is 5.41 Å². The van der Waals surface area contributed by atoms with E-state index in [0.717, 1.165) is 23.7 Å². The summed E-state index contributed by atoms with van der Waals surface area (Å²) in [5.41, 5.74) is 0.389. The van der Waals surface area contributed by atoms with Crippen molar-refractivity contribution in [1.82, 2.24) is 0 Å². The minimum absolute atomic E-state index is 0.389. The predicted molar refractivity (Wildman–Crippen MR) is 135 cm³/mol. The number of hydrogen-bond donors (Lipinski definition) is 0. The SMILES string of the molecule is C=CC(C)(CC)CC.CC/C=C/C(C)CC(C)C.CC/C=C\C(C)CC(C)C. The molecule has 0 aliphatic heterocycles. The maximum absolute atomic E-state index is 3.77. The lowest BCUT2D eigenvalue weighted by Gasteiger charge is -2.20. The van der Waals surface area contributed by atoms with Gasteiger partial charge in [-0.15, -0.1) is 6.58 Å². The second-order valence-electron chi connectivity index (χ2n) is 9.45. The van der Waals surface area contributed by atoms with Crippen molar-refractivity contribution in [2.24, 2.45) is 29.1 Å². The fourth-order valence-electron chi connectivity index (χ4n) is 2.92. The second kappa shape index (κ2) is 20.9. The smallest absolute Gasteiger partial charge is 0.0154 e. The van der Waals surface area contributed by atoms with Gasteiger partial charge in [0.05, 0.1) is 0 Å². The fourth-order valence-corrected chi connectivity index (χ4v) is 2.92. The molecule has 0 heterocycles. The first kappa shape index (κ1) is 31.9. The van der Waals surface area contributed by atoms with Crippen LogP contribution in [-0.4, -0.2) is 0 Å². The lowest BCUT2D eigenvalue weighted by Crippen LogP contribution is -2.08. The van der Waals surface area contributed by atoms with Gasteiger partial charge in [0.2, 0.25) is 0 Å². The summed E-state index contributed by atoms with van der Waals surface area (Å²) in [7, 11) is 0. The number of hydrogen-bond acceptors (Lipinski definition) is 0. The maximum atomic E-state index is 3.77. The average molecular weight is 393 g/mol. The van der Waals surface area contributed by atoms with Crippen LogP contribution in [0, 0.1) is 29.1 Å². The molecule has 0 aromatic carbocycles. The molecule has 0 saturated heterocycles. The highest BCUT2D eigenvalue weighted by molar-refractivity contribution is 4.88. The van der Waals surface area contributed by atoms with E-state index in [9.17, 15) is 0 Å². The zero-order valence-electron chi connectivity index (χ0n) is 21.6. The topological polar surface area (TPSA) is 0 Å². The van der Waals surface area contributed by atoms with Crippen LogP contribution in [0.1, 0.15) is 115 Å². The summed E-state index contributed by atoms with van der Waals surface area (Å²) in [6, 6.07) is 0. The van der Waals surface area contributed by atoms with E-state index in [4.69, 9.17) is 0 Å². The third-order valence-corrected chi connectivity index (χ3v) is 5.20. The van der Waals surface area contributed by atoms with Gasteiger partial charge in [-0.25, -0.2) is 0 Å². The van der Waals surface area contributed by atoms with Crippen molar-refractivity contribution >= 4 is 0 Å². The van der Waals surface area contributed by atoms with Gasteiger partial charge >= 0.3 is 0 Å². The summed E-state index contributed by atoms with van der Waals surface area (Å²) >= 11 is 0. The quantitative estimate of drug-likeness (QED) is 0.307. The Hall–Kier alpha value is -0.780. The molecule has 0 heteroatoms. The first-order chi connectivity index (χ1) is 13.0. The Labute approximate surface area is 181 Å². The molecule has 0 aromatic rings. The summed E-state index contributed by atoms with van der Waals surface area (Å²) < 4.78 is 0. The van der Waals surface area contributed by atoms with Crippen LogP contribution in [0.3, 0.4) is 0 Å². The molecule has 168 valence electrons. The van der Waals surface area contributed by atoms with Crippen molar-refractivity contribution < 1.29 is 0 Å². The normalized spacial score (nSPS) is 13.9. The highest BCUT2D eigenvalue weighted by Gasteiger charge is 2.12. The van der Waals surface area contributed by atoms with Crippen molar-refractivity contribution in [3.63, 3.8) is 0 Å². The summed E-state index contributed by atoms with van der Waals surface area (Å²) in [6.07, 6.45) is 18.6.